The Kier molecular flexibility index (Phi) is 5.20. The van der Waals surface area contributed by atoms with E-state index in [9.17, 15) is 0 Å². The van der Waals surface area contributed by atoms with Gasteiger partial charge in [0.1, 0.15) is 5.75 Å². The van der Waals surface area contributed by atoms with Crippen molar-refractivity contribution < 1.29 is 4.74 Å². The van der Waals surface area contributed by atoms with E-state index < -0.39 is 0 Å². The highest BCUT2D eigenvalue weighted by atomic mass is 16.5. The number of benzene rings is 1. The van der Waals surface area contributed by atoms with Crippen molar-refractivity contribution >= 4 is 5.96 Å². The highest BCUT2D eigenvalue weighted by Gasteiger charge is 2.07. The van der Waals surface area contributed by atoms with Gasteiger partial charge in [0, 0.05) is 26.8 Å². The Balaban J connectivity index is 1.91. The Bertz CT molecular complexity index is 562. The van der Waals surface area contributed by atoms with E-state index in [-0.39, 0.29) is 0 Å². The van der Waals surface area contributed by atoms with Gasteiger partial charge in [-0.25, -0.2) is 0 Å². The van der Waals surface area contributed by atoms with Crippen LogP contribution in [0.3, 0.4) is 0 Å². The maximum absolute atomic E-state index is 5.16. The van der Waals surface area contributed by atoms with E-state index in [1.165, 1.54) is 5.56 Å². The maximum Gasteiger partial charge on any atom is 0.194 e. The molecule has 112 valence electrons. The number of nitrogens with one attached hydrogen (secondary N) is 2. The molecule has 1 aromatic heterocycles. The van der Waals surface area contributed by atoms with Crippen LogP contribution in [0, 0.1) is 0 Å². The molecule has 2 rings (SSSR count). The fourth-order valence-corrected chi connectivity index (χ4v) is 2.02. The van der Waals surface area contributed by atoms with Gasteiger partial charge >= 0.3 is 0 Å². The first kappa shape index (κ1) is 14.9. The Hall–Kier alpha value is -2.50. The van der Waals surface area contributed by atoms with Crippen LogP contribution in [0.25, 0.3) is 0 Å². The van der Waals surface area contributed by atoms with E-state index in [4.69, 9.17) is 4.74 Å². The molecule has 0 bridgehead atoms. The Labute approximate surface area is 124 Å². The molecule has 0 spiro atoms. The summed E-state index contributed by atoms with van der Waals surface area (Å²) in [6, 6.07) is 9.96. The number of hydrogen-bond donors (Lipinski definition) is 2. The van der Waals surface area contributed by atoms with Crippen LogP contribution in [-0.4, -0.2) is 42.3 Å². The molecule has 0 aliphatic carbocycles. The quantitative estimate of drug-likeness (QED) is 0.648. The van der Waals surface area contributed by atoms with Crippen LogP contribution in [0.15, 0.2) is 41.5 Å². The lowest BCUT2D eigenvalue weighted by Gasteiger charge is -2.22. The third-order valence-electron chi connectivity index (χ3n) is 3.15. The number of guanidine groups is 1. The average molecular weight is 287 g/mol. The number of aliphatic imine (C=N–C) groups is 1. The van der Waals surface area contributed by atoms with Crippen molar-refractivity contribution in [2.24, 2.45) is 4.99 Å². The smallest absolute Gasteiger partial charge is 0.194 e. The zero-order valence-corrected chi connectivity index (χ0v) is 12.6. The molecule has 0 unspecified atom stereocenters. The van der Waals surface area contributed by atoms with Gasteiger partial charge in [0.05, 0.1) is 19.3 Å². The molecule has 21 heavy (non-hydrogen) atoms. The number of hydrogen-bond acceptors (Lipinski definition) is 3. The minimum atomic E-state index is 0.666. The number of nitrogens with zero attached hydrogens (tertiary/aromatic N) is 3. The highest BCUT2D eigenvalue weighted by Crippen LogP contribution is 2.12. The second-order valence-electron chi connectivity index (χ2n) is 4.69. The van der Waals surface area contributed by atoms with E-state index in [1.54, 1.807) is 20.4 Å². The van der Waals surface area contributed by atoms with Crippen molar-refractivity contribution in [3.05, 3.63) is 47.8 Å². The van der Waals surface area contributed by atoms with Gasteiger partial charge in [0.2, 0.25) is 0 Å². The summed E-state index contributed by atoms with van der Waals surface area (Å²) in [7, 11) is 5.45. The minimum Gasteiger partial charge on any atom is -0.497 e. The molecule has 2 N–H and O–H groups in total. The fraction of sp³-hybridized carbons (Fsp3) is 0.333. The van der Waals surface area contributed by atoms with Crippen molar-refractivity contribution in [1.82, 2.24) is 20.4 Å². The second-order valence-corrected chi connectivity index (χ2v) is 4.69. The van der Waals surface area contributed by atoms with Crippen molar-refractivity contribution in [2.45, 2.75) is 13.1 Å². The SMILES string of the molecule is CN=C(NCc1ccn[nH]1)N(C)Cc1ccc(OC)cc1. The summed E-state index contributed by atoms with van der Waals surface area (Å²) >= 11 is 0. The number of aromatic nitrogens is 2. The first-order valence-electron chi connectivity index (χ1n) is 6.76. The van der Waals surface area contributed by atoms with Crippen LogP contribution >= 0.6 is 0 Å². The summed E-state index contributed by atoms with van der Waals surface area (Å²) in [5, 5.41) is 10.1. The molecular formula is C15H21N5O. The summed E-state index contributed by atoms with van der Waals surface area (Å²) in [5.74, 6) is 1.70. The van der Waals surface area contributed by atoms with Crippen LogP contribution in [0.4, 0.5) is 0 Å². The lowest BCUT2D eigenvalue weighted by atomic mass is 10.2. The molecule has 0 aliphatic heterocycles. The van der Waals surface area contributed by atoms with Gasteiger partial charge in [-0.05, 0) is 23.8 Å². The third-order valence-corrected chi connectivity index (χ3v) is 3.15. The lowest BCUT2D eigenvalue weighted by Crippen LogP contribution is -2.38. The van der Waals surface area contributed by atoms with Gasteiger partial charge < -0.3 is 15.0 Å². The van der Waals surface area contributed by atoms with Crippen LogP contribution in [0.1, 0.15) is 11.3 Å². The summed E-state index contributed by atoms with van der Waals surface area (Å²) in [4.78, 5) is 6.36. The van der Waals surface area contributed by atoms with Gasteiger partial charge in [0.25, 0.3) is 0 Å². The first-order chi connectivity index (χ1) is 10.2. The molecule has 1 heterocycles. The standard InChI is InChI=1S/C15H21N5O/c1-16-15(17-10-13-8-9-18-19-13)20(2)11-12-4-6-14(21-3)7-5-12/h4-9H,10-11H2,1-3H3,(H,16,17)(H,18,19). The van der Waals surface area contributed by atoms with Crippen molar-refractivity contribution in [3.8, 4) is 5.75 Å². The van der Waals surface area contributed by atoms with Crippen LogP contribution < -0.4 is 10.1 Å². The molecule has 0 fully saturated rings. The molecular weight excluding hydrogens is 266 g/mol. The number of aromatic amines is 1. The molecule has 0 amide bonds. The topological polar surface area (TPSA) is 65.5 Å². The Morgan fingerprint density at radius 2 is 2.10 bits per heavy atom. The first-order valence-corrected chi connectivity index (χ1v) is 6.76. The molecule has 0 atom stereocenters. The summed E-state index contributed by atoms with van der Waals surface area (Å²) in [6.07, 6.45) is 1.74. The second kappa shape index (κ2) is 7.33. The predicted molar refractivity (Wildman–Crippen MR) is 83.2 cm³/mol. The van der Waals surface area contributed by atoms with E-state index in [0.29, 0.717) is 6.54 Å². The monoisotopic (exact) mass is 287 g/mol. The van der Waals surface area contributed by atoms with Crippen molar-refractivity contribution in [1.29, 1.82) is 0 Å². The number of rotatable bonds is 5. The molecule has 6 heteroatoms. The van der Waals surface area contributed by atoms with E-state index >= 15 is 0 Å². The molecule has 0 aliphatic rings. The molecule has 1 aromatic carbocycles. The van der Waals surface area contributed by atoms with Crippen molar-refractivity contribution in [3.63, 3.8) is 0 Å². The molecule has 0 radical (unpaired) electrons. The van der Waals surface area contributed by atoms with Gasteiger partial charge in [0.15, 0.2) is 5.96 Å². The Morgan fingerprint density at radius 1 is 1.33 bits per heavy atom. The van der Waals surface area contributed by atoms with Gasteiger partial charge in [-0.15, -0.1) is 0 Å². The molecule has 2 aromatic rings. The summed E-state index contributed by atoms with van der Waals surface area (Å²) < 4.78 is 5.16. The maximum atomic E-state index is 5.16. The molecule has 6 nitrogen and oxygen atoms in total. The van der Waals surface area contributed by atoms with Crippen LogP contribution in [0.5, 0.6) is 5.75 Å². The minimum absolute atomic E-state index is 0.666. The summed E-state index contributed by atoms with van der Waals surface area (Å²) in [6.45, 7) is 1.44. The largest absolute Gasteiger partial charge is 0.497 e. The average Bonchev–Trinajstić information content (AvgIpc) is 3.02. The van der Waals surface area contributed by atoms with Gasteiger partial charge in [-0.3, -0.25) is 10.1 Å². The highest BCUT2D eigenvalue weighted by molar-refractivity contribution is 5.79. The van der Waals surface area contributed by atoms with E-state index in [1.807, 2.05) is 25.2 Å². The normalized spacial score (nSPS) is 11.3. The number of H-pyrrole nitrogens is 1. The zero-order valence-electron chi connectivity index (χ0n) is 12.6. The molecule has 0 saturated carbocycles. The van der Waals surface area contributed by atoms with E-state index in [0.717, 1.165) is 23.9 Å². The third kappa shape index (κ3) is 4.24. The summed E-state index contributed by atoms with van der Waals surface area (Å²) in [5.41, 5.74) is 2.22. The lowest BCUT2D eigenvalue weighted by molar-refractivity contribution is 0.414. The molecule has 0 saturated heterocycles. The van der Waals surface area contributed by atoms with Crippen LogP contribution in [0.2, 0.25) is 0 Å². The van der Waals surface area contributed by atoms with Crippen LogP contribution in [-0.2, 0) is 13.1 Å². The fourth-order valence-electron chi connectivity index (χ4n) is 2.02. The number of ether oxygens (including phenoxy) is 1. The number of methoxy groups -OCH3 is 1. The van der Waals surface area contributed by atoms with Gasteiger partial charge in [-0.2, -0.15) is 5.10 Å². The Morgan fingerprint density at radius 3 is 2.67 bits per heavy atom. The van der Waals surface area contributed by atoms with Gasteiger partial charge in [-0.1, -0.05) is 12.1 Å². The predicted octanol–water partition coefficient (Wildman–Crippen LogP) is 1.63. The zero-order chi connectivity index (χ0) is 15.1. The van der Waals surface area contributed by atoms with Crippen molar-refractivity contribution in [2.75, 3.05) is 21.2 Å². The van der Waals surface area contributed by atoms with E-state index in [2.05, 4.69) is 37.5 Å².